The Morgan fingerprint density at radius 2 is 2.00 bits per heavy atom. The Morgan fingerprint density at radius 1 is 1.22 bits per heavy atom. The lowest BCUT2D eigenvalue weighted by Gasteiger charge is -2.09. The first-order valence-corrected chi connectivity index (χ1v) is 5.62. The number of hydrogen-bond acceptors (Lipinski definition) is 2. The number of ether oxygens (including phenoxy) is 1. The maximum atomic E-state index is 13.1. The quantitative estimate of drug-likeness (QED) is 0.784. The summed E-state index contributed by atoms with van der Waals surface area (Å²) in [6, 6.07) is 9.40. The third-order valence-electron chi connectivity index (χ3n) is 2.59. The van der Waals surface area contributed by atoms with Gasteiger partial charge in [-0.15, -0.1) is 0 Å². The minimum Gasteiger partial charge on any atom is -0.496 e. The van der Waals surface area contributed by atoms with E-state index < -0.39 is 5.82 Å². The standard InChI is InChI=1S/C14H10ClFO2/c1-18-14-5-2-9(8-17)6-11(14)10-3-4-13(16)12(15)7-10/h2-8H,1H3. The van der Waals surface area contributed by atoms with Crippen molar-refractivity contribution in [3.05, 3.63) is 52.8 Å². The number of aldehydes is 1. The van der Waals surface area contributed by atoms with Crippen LogP contribution in [-0.4, -0.2) is 13.4 Å². The van der Waals surface area contributed by atoms with Crippen LogP contribution in [0.2, 0.25) is 5.02 Å². The lowest BCUT2D eigenvalue weighted by atomic mass is 10.0. The molecule has 0 aliphatic carbocycles. The second-order valence-corrected chi connectivity index (χ2v) is 4.11. The Balaban J connectivity index is 2.60. The van der Waals surface area contributed by atoms with Crippen LogP contribution in [-0.2, 0) is 0 Å². The first-order valence-electron chi connectivity index (χ1n) is 5.24. The Morgan fingerprint density at radius 3 is 2.61 bits per heavy atom. The molecule has 0 radical (unpaired) electrons. The number of benzene rings is 2. The van der Waals surface area contributed by atoms with Gasteiger partial charge in [0.25, 0.3) is 0 Å². The Labute approximate surface area is 109 Å². The van der Waals surface area contributed by atoms with Crippen LogP contribution >= 0.6 is 11.6 Å². The van der Waals surface area contributed by atoms with Gasteiger partial charge < -0.3 is 4.74 Å². The van der Waals surface area contributed by atoms with Gasteiger partial charge in [0.2, 0.25) is 0 Å². The number of methoxy groups -OCH3 is 1. The van der Waals surface area contributed by atoms with E-state index in [1.54, 1.807) is 24.3 Å². The molecule has 0 N–H and O–H groups in total. The Hall–Kier alpha value is -1.87. The molecule has 0 spiro atoms. The average molecular weight is 265 g/mol. The van der Waals surface area contributed by atoms with E-state index >= 15 is 0 Å². The molecule has 2 nitrogen and oxygen atoms in total. The van der Waals surface area contributed by atoms with E-state index in [4.69, 9.17) is 16.3 Å². The summed E-state index contributed by atoms with van der Waals surface area (Å²) in [6.45, 7) is 0. The molecule has 18 heavy (non-hydrogen) atoms. The Bertz CT molecular complexity index is 596. The van der Waals surface area contributed by atoms with E-state index in [-0.39, 0.29) is 5.02 Å². The summed E-state index contributed by atoms with van der Waals surface area (Å²) in [7, 11) is 1.53. The van der Waals surface area contributed by atoms with Crippen LogP contribution in [0, 0.1) is 5.82 Å². The van der Waals surface area contributed by atoms with Crippen molar-refractivity contribution in [2.45, 2.75) is 0 Å². The van der Waals surface area contributed by atoms with Crippen LogP contribution in [0.4, 0.5) is 4.39 Å². The van der Waals surface area contributed by atoms with Gasteiger partial charge in [-0.05, 0) is 35.9 Å². The molecule has 92 valence electrons. The number of carbonyl (C=O) groups is 1. The van der Waals surface area contributed by atoms with Crippen LogP contribution in [0.5, 0.6) is 5.75 Å². The van der Waals surface area contributed by atoms with E-state index in [1.807, 2.05) is 0 Å². The predicted octanol–water partition coefficient (Wildman–Crippen LogP) is 3.97. The number of carbonyl (C=O) groups excluding carboxylic acids is 1. The molecular weight excluding hydrogens is 255 g/mol. The van der Waals surface area contributed by atoms with Crippen molar-refractivity contribution < 1.29 is 13.9 Å². The zero-order chi connectivity index (χ0) is 13.1. The molecule has 0 aromatic heterocycles. The zero-order valence-corrected chi connectivity index (χ0v) is 10.4. The lowest BCUT2D eigenvalue weighted by Crippen LogP contribution is -1.91. The molecule has 0 heterocycles. The summed E-state index contributed by atoms with van der Waals surface area (Å²) in [5, 5.41) is 0.0334. The molecular formula is C14H10ClFO2. The lowest BCUT2D eigenvalue weighted by molar-refractivity contribution is 0.112. The summed E-state index contributed by atoms with van der Waals surface area (Å²) >= 11 is 5.75. The van der Waals surface area contributed by atoms with E-state index in [0.29, 0.717) is 22.4 Å². The minimum absolute atomic E-state index is 0.0334. The molecule has 0 aliphatic rings. The van der Waals surface area contributed by atoms with Gasteiger partial charge in [0, 0.05) is 11.1 Å². The van der Waals surface area contributed by atoms with Crippen molar-refractivity contribution in [1.29, 1.82) is 0 Å². The van der Waals surface area contributed by atoms with Gasteiger partial charge in [-0.3, -0.25) is 4.79 Å². The summed E-state index contributed by atoms with van der Waals surface area (Å²) in [6.07, 6.45) is 0.744. The monoisotopic (exact) mass is 264 g/mol. The van der Waals surface area contributed by atoms with E-state index in [0.717, 1.165) is 6.29 Å². The van der Waals surface area contributed by atoms with Crippen molar-refractivity contribution in [1.82, 2.24) is 0 Å². The minimum atomic E-state index is -0.481. The fourth-order valence-corrected chi connectivity index (χ4v) is 1.87. The third kappa shape index (κ3) is 2.36. The molecule has 0 saturated heterocycles. The van der Waals surface area contributed by atoms with Crippen molar-refractivity contribution in [2.75, 3.05) is 7.11 Å². The second-order valence-electron chi connectivity index (χ2n) is 3.71. The second kappa shape index (κ2) is 5.19. The summed E-state index contributed by atoms with van der Waals surface area (Å²) < 4.78 is 18.3. The number of rotatable bonds is 3. The molecule has 2 aromatic rings. The number of hydrogen-bond donors (Lipinski definition) is 0. The van der Waals surface area contributed by atoms with Crippen LogP contribution in [0.15, 0.2) is 36.4 Å². The highest BCUT2D eigenvalue weighted by Gasteiger charge is 2.09. The zero-order valence-electron chi connectivity index (χ0n) is 9.61. The molecule has 4 heteroatoms. The third-order valence-corrected chi connectivity index (χ3v) is 2.88. The summed E-state index contributed by atoms with van der Waals surface area (Å²) in [4.78, 5) is 10.8. The molecule has 2 rings (SSSR count). The molecule has 0 bridgehead atoms. The number of halogens is 2. The first-order chi connectivity index (χ1) is 8.65. The molecule has 0 aliphatic heterocycles. The molecule has 0 amide bonds. The van der Waals surface area contributed by atoms with Crippen LogP contribution in [0.3, 0.4) is 0 Å². The van der Waals surface area contributed by atoms with Crippen LogP contribution in [0.1, 0.15) is 10.4 Å². The predicted molar refractivity (Wildman–Crippen MR) is 68.8 cm³/mol. The summed E-state index contributed by atoms with van der Waals surface area (Å²) in [5.41, 5.74) is 1.91. The molecule has 0 saturated carbocycles. The summed E-state index contributed by atoms with van der Waals surface area (Å²) in [5.74, 6) is 0.120. The fraction of sp³-hybridized carbons (Fsp3) is 0.0714. The highest BCUT2D eigenvalue weighted by Crippen LogP contribution is 2.32. The van der Waals surface area contributed by atoms with E-state index in [2.05, 4.69) is 0 Å². The van der Waals surface area contributed by atoms with Crippen molar-refractivity contribution in [3.63, 3.8) is 0 Å². The topological polar surface area (TPSA) is 26.3 Å². The van der Waals surface area contributed by atoms with Gasteiger partial charge in [0.15, 0.2) is 0 Å². The molecule has 2 aromatic carbocycles. The van der Waals surface area contributed by atoms with Gasteiger partial charge in [0.1, 0.15) is 17.9 Å². The van der Waals surface area contributed by atoms with Gasteiger partial charge in [-0.25, -0.2) is 4.39 Å². The van der Waals surface area contributed by atoms with Crippen molar-refractivity contribution in [3.8, 4) is 16.9 Å². The highest BCUT2D eigenvalue weighted by molar-refractivity contribution is 6.31. The van der Waals surface area contributed by atoms with Gasteiger partial charge in [-0.2, -0.15) is 0 Å². The van der Waals surface area contributed by atoms with Gasteiger partial charge in [0.05, 0.1) is 12.1 Å². The van der Waals surface area contributed by atoms with Crippen molar-refractivity contribution >= 4 is 17.9 Å². The van der Waals surface area contributed by atoms with E-state index in [1.165, 1.54) is 19.2 Å². The Kier molecular flexibility index (Phi) is 3.63. The molecule has 0 fully saturated rings. The normalized spacial score (nSPS) is 10.2. The maximum absolute atomic E-state index is 13.1. The molecule has 0 atom stereocenters. The molecule has 0 unspecified atom stereocenters. The van der Waals surface area contributed by atoms with Crippen molar-refractivity contribution in [2.24, 2.45) is 0 Å². The average Bonchev–Trinajstić information content (AvgIpc) is 2.41. The van der Waals surface area contributed by atoms with Gasteiger partial charge in [-0.1, -0.05) is 17.7 Å². The fourth-order valence-electron chi connectivity index (χ4n) is 1.69. The smallest absolute Gasteiger partial charge is 0.150 e. The van der Waals surface area contributed by atoms with Gasteiger partial charge >= 0.3 is 0 Å². The van der Waals surface area contributed by atoms with E-state index in [9.17, 15) is 9.18 Å². The maximum Gasteiger partial charge on any atom is 0.150 e. The first kappa shape index (κ1) is 12.6. The van der Waals surface area contributed by atoms with Crippen LogP contribution in [0.25, 0.3) is 11.1 Å². The van der Waals surface area contributed by atoms with Crippen LogP contribution < -0.4 is 4.74 Å². The highest BCUT2D eigenvalue weighted by atomic mass is 35.5. The SMILES string of the molecule is COc1ccc(C=O)cc1-c1ccc(F)c(Cl)c1. The largest absolute Gasteiger partial charge is 0.496 e.